The number of carbonyl (C=O) groups is 1. The third-order valence-corrected chi connectivity index (χ3v) is 2.64. The molecule has 0 spiro atoms. The predicted octanol–water partition coefficient (Wildman–Crippen LogP) is 2.11. The highest BCUT2D eigenvalue weighted by molar-refractivity contribution is 9.25. The average molecular weight is 285 g/mol. The number of amides is 1. The Labute approximate surface area is 83.6 Å². The van der Waals surface area contributed by atoms with Gasteiger partial charge in [-0.2, -0.15) is 0 Å². The Kier molecular flexibility index (Phi) is 3.85. The number of carbonyl (C=O) groups excluding carboxylic acids is 1. The monoisotopic (exact) mass is 283 g/mol. The van der Waals surface area contributed by atoms with Gasteiger partial charge in [-0.05, 0) is 19.3 Å². The summed E-state index contributed by atoms with van der Waals surface area (Å²) in [6.45, 7) is 1.85. The van der Waals surface area contributed by atoms with Gasteiger partial charge in [0.15, 0.2) is 0 Å². The summed E-state index contributed by atoms with van der Waals surface area (Å²) in [5.41, 5.74) is 0. The molecule has 0 saturated carbocycles. The van der Waals surface area contributed by atoms with Gasteiger partial charge in [0.25, 0.3) is 0 Å². The smallest absolute Gasteiger partial charge is 0.247 e. The van der Waals surface area contributed by atoms with Crippen molar-refractivity contribution in [2.24, 2.45) is 0 Å². The van der Waals surface area contributed by atoms with E-state index in [1.807, 2.05) is 4.90 Å². The van der Waals surface area contributed by atoms with Crippen molar-refractivity contribution in [3.05, 3.63) is 0 Å². The van der Waals surface area contributed by atoms with E-state index in [2.05, 4.69) is 31.9 Å². The van der Waals surface area contributed by atoms with Gasteiger partial charge in [-0.3, -0.25) is 4.79 Å². The van der Waals surface area contributed by atoms with Gasteiger partial charge in [-0.25, -0.2) is 0 Å². The maximum Gasteiger partial charge on any atom is 0.247 e. The Morgan fingerprint density at radius 1 is 1.18 bits per heavy atom. The lowest BCUT2D eigenvalue weighted by Crippen LogP contribution is -2.38. The quantitative estimate of drug-likeness (QED) is 0.676. The molecule has 0 aromatic heterocycles. The van der Waals surface area contributed by atoms with E-state index >= 15 is 0 Å². The number of halogens is 2. The van der Waals surface area contributed by atoms with Crippen molar-refractivity contribution in [2.45, 2.75) is 23.0 Å². The molecule has 1 heterocycles. The van der Waals surface area contributed by atoms with Crippen LogP contribution in [0.15, 0.2) is 0 Å². The zero-order valence-electron chi connectivity index (χ0n) is 6.22. The van der Waals surface area contributed by atoms with E-state index in [4.69, 9.17) is 0 Å². The second-order valence-electron chi connectivity index (χ2n) is 2.69. The van der Waals surface area contributed by atoms with Gasteiger partial charge in [0.1, 0.15) is 3.74 Å². The van der Waals surface area contributed by atoms with Gasteiger partial charge in [0.05, 0.1) is 0 Å². The van der Waals surface area contributed by atoms with Gasteiger partial charge in [0, 0.05) is 13.1 Å². The predicted molar refractivity (Wildman–Crippen MR) is 52.1 cm³/mol. The Hall–Kier alpha value is 0.430. The number of likely N-dealkylation sites (tertiary alicyclic amines) is 1. The minimum atomic E-state index is -0.201. The largest absolute Gasteiger partial charge is 0.341 e. The van der Waals surface area contributed by atoms with E-state index in [1.54, 1.807) is 0 Å². The molecule has 0 atom stereocenters. The summed E-state index contributed by atoms with van der Waals surface area (Å²) < 4.78 is -0.201. The molecule has 0 N–H and O–H groups in total. The third kappa shape index (κ3) is 2.75. The molecule has 1 saturated heterocycles. The summed E-state index contributed by atoms with van der Waals surface area (Å²) in [5, 5.41) is 0. The van der Waals surface area contributed by atoms with Crippen molar-refractivity contribution in [1.82, 2.24) is 4.90 Å². The van der Waals surface area contributed by atoms with E-state index in [9.17, 15) is 4.79 Å². The molecular formula is C7H11Br2NO. The fourth-order valence-corrected chi connectivity index (χ4v) is 1.83. The van der Waals surface area contributed by atoms with Gasteiger partial charge < -0.3 is 4.90 Å². The molecule has 0 aliphatic carbocycles. The molecule has 1 aliphatic rings. The molecule has 0 unspecified atom stereocenters. The second-order valence-corrected chi connectivity index (χ2v) is 5.75. The molecule has 2 nitrogen and oxygen atoms in total. The van der Waals surface area contributed by atoms with Crippen LogP contribution >= 0.6 is 31.9 Å². The first-order valence-corrected chi connectivity index (χ1v) is 5.62. The molecule has 1 aliphatic heterocycles. The maximum atomic E-state index is 11.3. The van der Waals surface area contributed by atoms with Crippen molar-refractivity contribution >= 4 is 37.8 Å². The van der Waals surface area contributed by atoms with Crippen molar-refractivity contribution in [3.8, 4) is 0 Å². The zero-order chi connectivity index (χ0) is 8.27. The highest BCUT2D eigenvalue weighted by atomic mass is 79.9. The van der Waals surface area contributed by atoms with E-state index in [-0.39, 0.29) is 9.64 Å². The van der Waals surface area contributed by atoms with Crippen LogP contribution in [0.2, 0.25) is 0 Å². The molecule has 0 bridgehead atoms. The van der Waals surface area contributed by atoms with E-state index in [1.165, 1.54) is 6.42 Å². The molecule has 0 radical (unpaired) electrons. The standard InChI is InChI=1S/C7H11Br2NO/c8-6(9)7(11)10-4-2-1-3-5-10/h6H,1-5H2. The van der Waals surface area contributed by atoms with Gasteiger partial charge >= 0.3 is 0 Å². The first-order valence-electron chi connectivity index (χ1n) is 3.79. The van der Waals surface area contributed by atoms with E-state index < -0.39 is 0 Å². The summed E-state index contributed by atoms with van der Waals surface area (Å²) in [4.78, 5) is 13.2. The summed E-state index contributed by atoms with van der Waals surface area (Å²) in [7, 11) is 0. The minimum absolute atomic E-state index is 0.157. The number of piperidine rings is 1. The summed E-state index contributed by atoms with van der Waals surface area (Å²) >= 11 is 6.40. The zero-order valence-corrected chi connectivity index (χ0v) is 9.40. The number of rotatable bonds is 1. The van der Waals surface area contributed by atoms with Crippen LogP contribution in [-0.2, 0) is 4.79 Å². The normalized spacial score (nSPS) is 19.0. The first kappa shape index (κ1) is 9.52. The summed E-state index contributed by atoms with van der Waals surface area (Å²) in [6.07, 6.45) is 3.57. The fraction of sp³-hybridized carbons (Fsp3) is 0.857. The molecule has 64 valence electrons. The lowest BCUT2D eigenvalue weighted by molar-refractivity contribution is -0.129. The van der Waals surface area contributed by atoms with Crippen LogP contribution in [0.25, 0.3) is 0 Å². The molecule has 0 aromatic carbocycles. The lowest BCUT2D eigenvalue weighted by Gasteiger charge is -2.27. The molecule has 1 amide bonds. The number of alkyl halides is 2. The van der Waals surface area contributed by atoms with Crippen LogP contribution in [0.4, 0.5) is 0 Å². The highest BCUT2D eigenvalue weighted by Gasteiger charge is 2.20. The Morgan fingerprint density at radius 3 is 2.18 bits per heavy atom. The van der Waals surface area contributed by atoms with Crippen molar-refractivity contribution in [1.29, 1.82) is 0 Å². The Bertz CT molecular complexity index is 143. The SMILES string of the molecule is O=C(C(Br)Br)N1CCCCC1. The van der Waals surface area contributed by atoms with Crippen LogP contribution < -0.4 is 0 Å². The second kappa shape index (κ2) is 4.45. The molecule has 0 aromatic rings. The molecule has 11 heavy (non-hydrogen) atoms. The first-order chi connectivity index (χ1) is 5.22. The number of hydrogen-bond donors (Lipinski definition) is 0. The number of nitrogens with zero attached hydrogens (tertiary/aromatic N) is 1. The van der Waals surface area contributed by atoms with Crippen LogP contribution in [0.3, 0.4) is 0 Å². The van der Waals surface area contributed by atoms with Crippen molar-refractivity contribution in [3.63, 3.8) is 0 Å². The highest BCUT2D eigenvalue weighted by Crippen LogP contribution is 2.16. The molecule has 1 fully saturated rings. The summed E-state index contributed by atoms with van der Waals surface area (Å²) in [5.74, 6) is 0.157. The van der Waals surface area contributed by atoms with Crippen LogP contribution in [0.5, 0.6) is 0 Å². The van der Waals surface area contributed by atoms with E-state index in [0.717, 1.165) is 25.9 Å². The van der Waals surface area contributed by atoms with E-state index in [0.29, 0.717) is 0 Å². The fourth-order valence-electron chi connectivity index (χ4n) is 1.25. The van der Waals surface area contributed by atoms with Crippen LogP contribution in [-0.4, -0.2) is 27.6 Å². The minimum Gasteiger partial charge on any atom is -0.341 e. The maximum absolute atomic E-state index is 11.3. The van der Waals surface area contributed by atoms with Gasteiger partial charge in [-0.15, -0.1) is 0 Å². The number of hydrogen-bond acceptors (Lipinski definition) is 1. The lowest BCUT2D eigenvalue weighted by atomic mass is 10.1. The molecule has 4 heteroatoms. The van der Waals surface area contributed by atoms with Crippen LogP contribution in [0.1, 0.15) is 19.3 Å². The Balaban J connectivity index is 2.39. The topological polar surface area (TPSA) is 20.3 Å². The summed E-state index contributed by atoms with van der Waals surface area (Å²) in [6, 6.07) is 0. The van der Waals surface area contributed by atoms with Gasteiger partial charge in [0.2, 0.25) is 5.91 Å². The third-order valence-electron chi connectivity index (χ3n) is 1.85. The van der Waals surface area contributed by atoms with Crippen molar-refractivity contribution < 1.29 is 4.79 Å². The van der Waals surface area contributed by atoms with Gasteiger partial charge in [-0.1, -0.05) is 31.9 Å². The van der Waals surface area contributed by atoms with Crippen molar-refractivity contribution in [2.75, 3.05) is 13.1 Å². The molecule has 1 rings (SSSR count). The average Bonchev–Trinajstić information content (AvgIpc) is 2.05. The van der Waals surface area contributed by atoms with Crippen LogP contribution in [0, 0.1) is 0 Å². The molecular weight excluding hydrogens is 274 g/mol. The Morgan fingerprint density at radius 2 is 1.73 bits per heavy atom.